The molecule has 2 aromatic rings. The number of benzene rings is 2. The van der Waals surface area contributed by atoms with E-state index in [1.165, 1.54) is 12.1 Å². The fraction of sp³-hybridized carbons (Fsp3) is 0.278. The molecule has 0 N–H and O–H groups in total. The van der Waals surface area contributed by atoms with Gasteiger partial charge in [-0.3, -0.25) is 4.79 Å². The minimum Gasteiger partial charge on any atom is -0.493 e. The number of rotatable bonds is 3. The summed E-state index contributed by atoms with van der Waals surface area (Å²) in [5.74, 6) is 0.580. The first-order valence-electron chi connectivity index (χ1n) is 7.37. The summed E-state index contributed by atoms with van der Waals surface area (Å²) in [6.45, 7) is 0.607. The average Bonchev–Trinajstić information content (AvgIpc) is 2.55. The summed E-state index contributed by atoms with van der Waals surface area (Å²) in [5.41, 5.74) is 1.86. The molecule has 1 aliphatic rings. The molecule has 2 aromatic carbocycles. The van der Waals surface area contributed by atoms with Crippen LogP contribution < -0.4 is 4.74 Å². The highest BCUT2D eigenvalue weighted by molar-refractivity contribution is 5.79. The number of para-hydroxylation sites is 1. The van der Waals surface area contributed by atoms with Crippen LogP contribution in [0.3, 0.4) is 0 Å². The molecule has 0 fully saturated rings. The van der Waals surface area contributed by atoms with Gasteiger partial charge >= 0.3 is 0 Å². The zero-order valence-corrected chi connectivity index (χ0v) is 12.5. The molecular weight excluding hydrogens is 281 g/mol. The number of fused-ring (bicyclic) bond motifs is 1. The average molecular weight is 299 g/mol. The Bertz CT molecular complexity index is 669. The van der Waals surface area contributed by atoms with Gasteiger partial charge < -0.3 is 9.64 Å². The van der Waals surface area contributed by atoms with Crippen LogP contribution in [0.15, 0.2) is 48.5 Å². The van der Waals surface area contributed by atoms with Crippen LogP contribution in [0.5, 0.6) is 5.75 Å². The maximum atomic E-state index is 12.9. The lowest BCUT2D eigenvalue weighted by atomic mass is 9.98. The molecule has 0 saturated carbocycles. The van der Waals surface area contributed by atoms with Crippen LogP contribution in [0.4, 0.5) is 4.39 Å². The molecule has 1 amide bonds. The summed E-state index contributed by atoms with van der Waals surface area (Å²) in [5, 5.41) is 0. The third-order valence-electron chi connectivity index (χ3n) is 4.06. The first kappa shape index (κ1) is 14.6. The minimum atomic E-state index is -0.289. The Balaban J connectivity index is 1.75. The number of ether oxygens (including phenoxy) is 1. The molecule has 1 aliphatic heterocycles. The molecule has 114 valence electrons. The van der Waals surface area contributed by atoms with Crippen LogP contribution in [0.2, 0.25) is 0 Å². The first-order chi connectivity index (χ1) is 10.6. The predicted molar refractivity (Wildman–Crippen MR) is 82.2 cm³/mol. The summed E-state index contributed by atoms with van der Waals surface area (Å²) in [7, 11) is 1.82. The zero-order valence-electron chi connectivity index (χ0n) is 12.5. The van der Waals surface area contributed by atoms with Crippen LogP contribution in [-0.2, 0) is 11.2 Å². The standard InChI is InChI=1S/C18H18FNO2/c1-20(18(21)12-13-6-8-14(19)9-7-13)16-10-11-22-17-5-3-2-4-15(16)17/h2-9,16H,10-12H2,1H3. The largest absolute Gasteiger partial charge is 0.493 e. The van der Waals surface area contributed by atoms with Crippen molar-refractivity contribution in [2.75, 3.05) is 13.7 Å². The van der Waals surface area contributed by atoms with Gasteiger partial charge in [-0.1, -0.05) is 30.3 Å². The normalized spacial score (nSPS) is 16.5. The van der Waals surface area contributed by atoms with E-state index in [9.17, 15) is 9.18 Å². The van der Waals surface area contributed by atoms with E-state index in [4.69, 9.17) is 4.74 Å². The highest BCUT2D eigenvalue weighted by Crippen LogP contribution is 2.35. The second-order valence-electron chi connectivity index (χ2n) is 5.50. The molecule has 0 spiro atoms. The SMILES string of the molecule is CN(C(=O)Cc1ccc(F)cc1)C1CCOc2ccccc21. The van der Waals surface area contributed by atoms with E-state index in [0.717, 1.165) is 23.3 Å². The predicted octanol–water partition coefficient (Wildman–Crippen LogP) is 3.35. The highest BCUT2D eigenvalue weighted by Gasteiger charge is 2.27. The summed E-state index contributed by atoms with van der Waals surface area (Å²) in [6.07, 6.45) is 1.05. The Hall–Kier alpha value is -2.36. The Kier molecular flexibility index (Phi) is 4.09. The van der Waals surface area contributed by atoms with Crippen LogP contribution in [0, 0.1) is 5.82 Å². The van der Waals surface area contributed by atoms with Gasteiger partial charge in [-0.05, 0) is 23.8 Å². The van der Waals surface area contributed by atoms with Crippen LogP contribution in [-0.4, -0.2) is 24.5 Å². The van der Waals surface area contributed by atoms with E-state index >= 15 is 0 Å². The van der Waals surface area contributed by atoms with Gasteiger partial charge in [0.25, 0.3) is 0 Å². The minimum absolute atomic E-state index is 0.0216. The molecule has 0 radical (unpaired) electrons. The molecule has 0 aromatic heterocycles. The van der Waals surface area contributed by atoms with Crippen molar-refractivity contribution in [2.45, 2.75) is 18.9 Å². The van der Waals surface area contributed by atoms with E-state index in [0.29, 0.717) is 6.61 Å². The van der Waals surface area contributed by atoms with Gasteiger partial charge in [0, 0.05) is 19.0 Å². The van der Waals surface area contributed by atoms with Crippen molar-refractivity contribution in [1.29, 1.82) is 0 Å². The van der Waals surface area contributed by atoms with E-state index in [1.807, 2.05) is 31.3 Å². The lowest BCUT2D eigenvalue weighted by Gasteiger charge is -2.33. The lowest BCUT2D eigenvalue weighted by Crippen LogP contribution is -2.35. The molecule has 22 heavy (non-hydrogen) atoms. The van der Waals surface area contributed by atoms with Crippen LogP contribution in [0.25, 0.3) is 0 Å². The smallest absolute Gasteiger partial charge is 0.227 e. The molecule has 0 bridgehead atoms. The number of halogens is 1. The van der Waals surface area contributed by atoms with Gasteiger partial charge in [0.05, 0.1) is 19.1 Å². The number of nitrogens with zero attached hydrogens (tertiary/aromatic N) is 1. The molecule has 3 rings (SSSR count). The Morgan fingerprint density at radius 2 is 1.95 bits per heavy atom. The van der Waals surface area contributed by atoms with Crippen molar-refractivity contribution >= 4 is 5.91 Å². The molecule has 0 saturated heterocycles. The Morgan fingerprint density at radius 3 is 2.73 bits per heavy atom. The molecule has 1 atom stereocenters. The molecule has 0 aliphatic carbocycles. The van der Waals surface area contributed by atoms with Crippen LogP contribution in [0.1, 0.15) is 23.6 Å². The molecule has 4 heteroatoms. The Labute approximate surface area is 129 Å². The van der Waals surface area contributed by atoms with Gasteiger partial charge in [-0.15, -0.1) is 0 Å². The van der Waals surface area contributed by atoms with E-state index in [1.54, 1.807) is 17.0 Å². The van der Waals surface area contributed by atoms with Crippen molar-refractivity contribution in [3.63, 3.8) is 0 Å². The fourth-order valence-electron chi connectivity index (χ4n) is 2.80. The van der Waals surface area contributed by atoms with Crippen molar-refractivity contribution < 1.29 is 13.9 Å². The second-order valence-corrected chi connectivity index (χ2v) is 5.50. The van der Waals surface area contributed by atoms with E-state index < -0.39 is 0 Å². The maximum absolute atomic E-state index is 12.9. The third-order valence-corrected chi connectivity index (χ3v) is 4.06. The lowest BCUT2D eigenvalue weighted by molar-refractivity contribution is -0.131. The quantitative estimate of drug-likeness (QED) is 0.870. The van der Waals surface area contributed by atoms with Crippen molar-refractivity contribution in [2.24, 2.45) is 0 Å². The summed E-state index contributed by atoms with van der Waals surface area (Å²) in [4.78, 5) is 14.3. The van der Waals surface area contributed by atoms with Gasteiger partial charge in [0.1, 0.15) is 11.6 Å². The topological polar surface area (TPSA) is 29.5 Å². The summed E-state index contributed by atoms with van der Waals surface area (Å²) < 4.78 is 18.6. The maximum Gasteiger partial charge on any atom is 0.227 e. The third kappa shape index (κ3) is 2.96. The monoisotopic (exact) mass is 299 g/mol. The van der Waals surface area contributed by atoms with E-state index in [-0.39, 0.29) is 24.2 Å². The molecule has 1 heterocycles. The zero-order chi connectivity index (χ0) is 15.5. The number of hydrogen-bond acceptors (Lipinski definition) is 2. The fourth-order valence-corrected chi connectivity index (χ4v) is 2.80. The number of hydrogen-bond donors (Lipinski definition) is 0. The van der Waals surface area contributed by atoms with Crippen molar-refractivity contribution in [3.05, 3.63) is 65.5 Å². The molecule has 1 unspecified atom stereocenters. The number of amides is 1. The van der Waals surface area contributed by atoms with Crippen molar-refractivity contribution in [1.82, 2.24) is 4.90 Å². The van der Waals surface area contributed by atoms with Crippen molar-refractivity contribution in [3.8, 4) is 5.75 Å². The Morgan fingerprint density at radius 1 is 1.23 bits per heavy atom. The highest BCUT2D eigenvalue weighted by atomic mass is 19.1. The number of carbonyl (C=O) groups excluding carboxylic acids is 1. The second kappa shape index (κ2) is 6.18. The van der Waals surface area contributed by atoms with Crippen LogP contribution >= 0.6 is 0 Å². The molecule has 3 nitrogen and oxygen atoms in total. The molecular formula is C18H18FNO2. The number of likely N-dealkylation sites (N-methyl/N-ethyl adjacent to an activating group) is 1. The number of carbonyl (C=O) groups is 1. The van der Waals surface area contributed by atoms with Gasteiger partial charge in [0.2, 0.25) is 5.91 Å². The van der Waals surface area contributed by atoms with Gasteiger partial charge in [0.15, 0.2) is 0 Å². The first-order valence-corrected chi connectivity index (χ1v) is 7.37. The summed E-state index contributed by atoms with van der Waals surface area (Å²) in [6, 6.07) is 13.9. The van der Waals surface area contributed by atoms with E-state index in [2.05, 4.69) is 0 Å². The van der Waals surface area contributed by atoms with Gasteiger partial charge in [-0.2, -0.15) is 0 Å². The van der Waals surface area contributed by atoms with Gasteiger partial charge in [-0.25, -0.2) is 4.39 Å². The summed E-state index contributed by atoms with van der Waals surface area (Å²) >= 11 is 0.